The number of imide groups is 2. The van der Waals surface area contributed by atoms with Gasteiger partial charge in [-0.1, -0.05) is 13.3 Å². The highest BCUT2D eigenvalue weighted by Crippen LogP contribution is 2.19. The molecule has 0 aromatic rings. The van der Waals surface area contributed by atoms with Gasteiger partial charge in [-0.15, -0.1) is 0 Å². The molecule has 26 heavy (non-hydrogen) atoms. The van der Waals surface area contributed by atoms with Gasteiger partial charge in [0, 0.05) is 6.54 Å². The molecular weight excluding hydrogens is 344 g/mol. The monoisotopic (exact) mass is 366 g/mol. The molecule has 0 aromatic heterocycles. The fourth-order valence-electron chi connectivity index (χ4n) is 2.77. The van der Waals surface area contributed by atoms with Crippen molar-refractivity contribution in [1.82, 2.24) is 20.4 Å². The fourth-order valence-corrected chi connectivity index (χ4v) is 2.77. The number of hydrogen-bond donors (Lipinski definition) is 2. The number of ether oxygens (including phenoxy) is 1. The second-order valence-corrected chi connectivity index (χ2v) is 5.92. The summed E-state index contributed by atoms with van der Waals surface area (Å²) in [5.74, 6) is -2.56. The van der Waals surface area contributed by atoms with Crippen molar-refractivity contribution in [2.24, 2.45) is 0 Å². The Balaban J connectivity index is 2.30. The van der Waals surface area contributed by atoms with Crippen LogP contribution < -0.4 is 10.6 Å². The van der Waals surface area contributed by atoms with Gasteiger partial charge >= 0.3 is 29.8 Å². The minimum absolute atomic E-state index is 0.0616. The highest BCUT2D eigenvalue weighted by Gasteiger charge is 2.45. The van der Waals surface area contributed by atoms with Gasteiger partial charge in [-0.05, 0) is 20.3 Å². The van der Waals surface area contributed by atoms with Gasteiger partial charge in [0.05, 0.1) is 30.5 Å². The van der Waals surface area contributed by atoms with Crippen LogP contribution in [-0.4, -0.2) is 65.4 Å². The van der Waals surface area contributed by atoms with Gasteiger partial charge in [-0.2, -0.15) is 0 Å². The number of esters is 1. The van der Waals surface area contributed by atoms with Crippen LogP contribution in [0.1, 0.15) is 33.6 Å². The zero-order valence-electron chi connectivity index (χ0n) is 15.0. The Morgan fingerprint density at radius 2 is 1.77 bits per heavy atom. The summed E-state index contributed by atoms with van der Waals surface area (Å²) in [5.41, 5.74) is 0.165. The van der Waals surface area contributed by atoms with Crippen molar-refractivity contribution in [2.75, 3.05) is 19.7 Å². The number of amides is 6. The molecule has 2 aliphatic heterocycles. The Hall–Kier alpha value is -2.91. The normalized spacial score (nSPS) is 20.5. The van der Waals surface area contributed by atoms with Crippen LogP contribution in [0.3, 0.4) is 0 Å². The molecule has 0 bridgehead atoms. The predicted octanol–water partition coefficient (Wildman–Crippen LogP) is 0.0958. The second kappa shape index (κ2) is 7.98. The van der Waals surface area contributed by atoms with Crippen LogP contribution in [0, 0.1) is 0 Å². The van der Waals surface area contributed by atoms with E-state index in [0.29, 0.717) is 6.42 Å². The Kier molecular flexibility index (Phi) is 5.96. The lowest BCUT2D eigenvalue weighted by molar-refractivity contribution is -0.143. The van der Waals surface area contributed by atoms with E-state index in [-0.39, 0.29) is 24.4 Å². The number of nitrogens with zero attached hydrogens (tertiary/aromatic N) is 2. The smallest absolute Gasteiger partial charge is 0.337 e. The van der Waals surface area contributed by atoms with Crippen LogP contribution in [0.5, 0.6) is 0 Å². The van der Waals surface area contributed by atoms with E-state index in [0.717, 1.165) is 16.2 Å². The lowest BCUT2D eigenvalue weighted by Crippen LogP contribution is -2.51. The quantitative estimate of drug-likeness (QED) is 0.374. The molecule has 0 radical (unpaired) electrons. The maximum Gasteiger partial charge on any atom is 0.337 e. The molecule has 10 heteroatoms. The van der Waals surface area contributed by atoms with Crippen molar-refractivity contribution in [2.45, 2.75) is 39.7 Å². The van der Waals surface area contributed by atoms with E-state index in [1.807, 2.05) is 6.92 Å². The zero-order valence-corrected chi connectivity index (χ0v) is 15.0. The largest absolute Gasteiger partial charge is 0.463 e. The first-order chi connectivity index (χ1) is 12.3. The zero-order chi connectivity index (χ0) is 19.4. The molecule has 142 valence electrons. The van der Waals surface area contributed by atoms with Gasteiger partial charge < -0.3 is 15.4 Å². The minimum atomic E-state index is -0.984. The Labute approximate surface area is 150 Å². The van der Waals surface area contributed by atoms with Crippen molar-refractivity contribution in [3.05, 3.63) is 11.3 Å². The molecule has 0 spiro atoms. The lowest BCUT2D eigenvalue weighted by Gasteiger charge is -2.28. The molecule has 0 saturated carbocycles. The van der Waals surface area contributed by atoms with Crippen molar-refractivity contribution in [1.29, 1.82) is 0 Å². The van der Waals surface area contributed by atoms with E-state index in [1.54, 1.807) is 13.8 Å². The molecule has 10 nitrogen and oxygen atoms in total. The van der Waals surface area contributed by atoms with E-state index < -0.39 is 42.4 Å². The number of carbonyl (C=O) groups excluding carboxylic acids is 5. The first-order valence-electron chi connectivity index (χ1n) is 8.46. The van der Waals surface area contributed by atoms with Crippen LogP contribution in [-0.2, 0) is 19.1 Å². The second-order valence-electron chi connectivity index (χ2n) is 5.92. The summed E-state index contributed by atoms with van der Waals surface area (Å²) < 4.78 is 4.98. The predicted molar refractivity (Wildman–Crippen MR) is 88.5 cm³/mol. The third kappa shape index (κ3) is 3.68. The molecule has 2 heterocycles. The Bertz CT molecular complexity index is 686. The van der Waals surface area contributed by atoms with Gasteiger partial charge in [0.25, 0.3) is 0 Å². The van der Waals surface area contributed by atoms with E-state index >= 15 is 0 Å². The summed E-state index contributed by atoms with van der Waals surface area (Å²) in [7, 11) is 0. The molecule has 2 N–H and O–H groups in total. The molecule has 6 amide bonds. The molecule has 0 aliphatic carbocycles. The average molecular weight is 366 g/mol. The van der Waals surface area contributed by atoms with Crippen molar-refractivity contribution in [3.63, 3.8) is 0 Å². The standard InChI is InChI=1S/C16H22N4O6/c1-4-6-7-19-12(21)13(22)20(16(19)25)8-10-11(14(23)26-5-2)9(3)17-15(24)18-10/h9H,4-8H2,1-3H3,(H2,17,18,24)/t9-/m1/s1. The molecule has 2 rings (SSSR count). The molecular formula is C16H22N4O6. The fraction of sp³-hybridized carbons (Fsp3) is 0.562. The molecule has 1 fully saturated rings. The van der Waals surface area contributed by atoms with Crippen LogP contribution in [0.2, 0.25) is 0 Å². The van der Waals surface area contributed by atoms with E-state index in [9.17, 15) is 24.0 Å². The van der Waals surface area contributed by atoms with Crippen LogP contribution >= 0.6 is 0 Å². The maximum atomic E-state index is 12.4. The van der Waals surface area contributed by atoms with Crippen molar-refractivity contribution in [3.8, 4) is 0 Å². The van der Waals surface area contributed by atoms with Gasteiger partial charge in [-0.3, -0.25) is 14.5 Å². The first-order valence-corrected chi connectivity index (χ1v) is 8.46. The Morgan fingerprint density at radius 3 is 2.38 bits per heavy atom. The van der Waals surface area contributed by atoms with Crippen LogP contribution in [0.4, 0.5) is 9.59 Å². The average Bonchev–Trinajstić information content (AvgIpc) is 2.76. The highest BCUT2D eigenvalue weighted by atomic mass is 16.5. The molecule has 0 unspecified atom stereocenters. The Morgan fingerprint density at radius 1 is 1.12 bits per heavy atom. The third-order valence-electron chi connectivity index (χ3n) is 4.05. The minimum Gasteiger partial charge on any atom is -0.463 e. The van der Waals surface area contributed by atoms with Crippen LogP contribution in [0.25, 0.3) is 0 Å². The van der Waals surface area contributed by atoms with Crippen LogP contribution in [0.15, 0.2) is 11.3 Å². The summed E-state index contributed by atoms with van der Waals surface area (Å²) in [6.07, 6.45) is 1.33. The topological polar surface area (TPSA) is 125 Å². The molecule has 1 saturated heterocycles. The first kappa shape index (κ1) is 19.4. The number of urea groups is 2. The number of nitrogens with one attached hydrogen (secondary N) is 2. The van der Waals surface area contributed by atoms with E-state index in [1.165, 1.54) is 0 Å². The summed E-state index contributed by atoms with van der Waals surface area (Å²) in [6, 6.07) is -2.00. The highest BCUT2D eigenvalue weighted by molar-refractivity contribution is 6.44. The number of carbonyl (C=O) groups is 5. The third-order valence-corrected chi connectivity index (χ3v) is 4.05. The van der Waals surface area contributed by atoms with E-state index in [2.05, 4.69) is 10.6 Å². The molecule has 2 aliphatic rings. The van der Waals surface area contributed by atoms with Gasteiger partial charge in [0.2, 0.25) is 0 Å². The number of rotatable bonds is 7. The molecule has 0 aromatic carbocycles. The van der Waals surface area contributed by atoms with Gasteiger partial charge in [-0.25, -0.2) is 19.3 Å². The number of unbranched alkanes of at least 4 members (excludes halogenated alkanes) is 1. The van der Waals surface area contributed by atoms with Gasteiger partial charge in [0.15, 0.2) is 0 Å². The summed E-state index contributed by atoms with van der Waals surface area (Å²) in [6.45, 7) is 4.99. The number of hydrogen-bond acceptors (Lipinski definition) is 6. The summed E-state index contributed by atoms with van der Waals surface area (Å²) >= 11 is 0. The molecule has 1 atom stereocenters. The SMILES string of the molecule is CCCCN1C(=O)C(=O)N(CC2=C(C(=O)OCC)[C@@H](C)NC(=O)N2)C1=O. The lowest BCUT2D eigenvalue weighted by atomic mass is 10.0. The summed E-state index contributed by atoms with van der Waals surface area (Å²) in [4.78, 5) is 62.2. The van der Waals surface area contributed by atoms with Crippen molar-refractivity contribution >= 4 is 29.8 Å². The van der Waals surface area contributed by atoms with Crippen molar-refractivity contribution < 1.29 is 28.7 Å². The van der Waals surface area contributed by atoms with Gasteiger partial charge in [0.1, 0.15) is 0 Å². The van der Waals surface area contributed by atoms with E-state index in [4.69, 9.17) is 4.74 Å². The maximum absolute atomic E-state index is 12.4. The summed E-state index contributed by atoms with van der Waals surface area (Å²) in [5, 5.41) is 4.95.